The number of fused-ring (bicyclic) bond motifs is 1. The third kappa shape index (κ3) is 2.69. The van der Waals surface area contributed by atoms with E-state index < -0.39 is 0 Å². The molecule has 5 heteroatoms. The lowest BCUT2D eigenvalue weighted by molar-refractivity contribution is 0.171. The average molecular weight is 374 g/mol. The van der Waals surface area contributed by atoms with Crippen LogP contribution in [0.25, 0.3) is 0 Å². The Labute approximate surface area is 135 Å². The van der Waals surface area contributed by atoms with Crippen molar-refractivity contribution in [2.45, 2.75) is 18.7 Å². The molecule has 0 N–H and O–H groups in total. The Hall–Kier alpha value is -0.710. The van der Waals surface area contributed by atoms with E-state index in [1.54, 1.807) is 11.3 Å². The van der Waals surface area contributed by atoms with Crippen LogP contribution in [0.3, 0.4) is 0 Å². The molecule has 0 aliphatic carbocycles. The number of halogens is 2. The first kappa shape index (κ1) is 14.2. The van der Waals surface area contributed by atoms with Crippen LogP contribution in [0.2, 0.25) is 0 Å². The highest BCUT2D eigenvalue weighted by atomic mass is 79.9. The summed E-state index contributed by atoms with van der Waals surface area (Å²) in [5.74, 6) is 1.54. The number of ether oxygens (including phenoxy) is 2. The summed E-state index contributed by atoms with van der Waals surface area (Å²) >= 11 is 12.0. The van der Waals surface area contributed by atoms with Crippen LogP contribution in [0.1, 0.15) is 27.6 Å². The van der Waals surface area contributed by atoms with E-state index in [4.69, 9.17) is 21.1 Å². The normalized spacial score (nSPS) is 15.2. The van der Waals surface area contributed by atoms with Crippen LogP contribution >= 0.6 is 38.9 Å². The quantitative estimate of drug-likeness (QED) is 0.691. The lowest BCUT2D eigenvalue weighted by Crippen LogP contribution is -2.15. The SMILES string of the molecule is CCc1ccc(C(Cl)c2cc3c(cc2Br)OCCO3)s1. The molecule has 3 rings (SSSR count). The van der Waals surface area contributed by atoms with E-state index in [0.717, 1.165) is 32.8 Å². The standard InChI is InChI=1S/C15H14BrClO2S/c1-2-9-3-4-14(20-9)15(17)10-7-12-13(8-11(10)16)19-6-5-18-12/h3-4,7-8,15H,2,5-6H2,1H3. The fraction of sp³-hybridized carbons (Fsp3) is 0.333. The summed E-state index contributed by atoms with van der Waals surface area (Å²) in [6.45, 7) is 3.33. The van der Waals surface area contributed by atoms with Crippen molar-refractivity contribution in [2.75, 3.05) is 13.2 Å². The second-order valence-corrected chi connectivity index (χ2v) is 7.03. The number of hydrogen-bond donors (Lipinski definition) is 0. The Morgan fingerprint density at radius 2 is 1.95 bits per heavy atom. The van der Waals surface area contributed by atoms with Crippen molar-refractivity contribution in [3.05, 3.63) is 44.1 Å². The molecular formula is C15H14BrClO2S. The maximum Gasteiger partial charge on any atom is 0.162 e. The monoisotopic (exact) mass is 372 g/mol. The smallest absolute Gasteiger partial charge is 0.162 e. The summed E-state index contributed by atoms with van der Waals surface area (Å²) in [4.78, 5) is 2.50. The maximum atomic E-state index is 6.63. The largest absolute Gasteiger partial charge is 0.486 e. The molecular weight excluding hydrogens is 360 g/mol. The zero-order chi connectivity index (χ0) is 14.1. The Morgan fingerprint density at radius 1 is 1.25 bits per heavy atom. The van der Waals surface area contributed by atoms with E-state index >= 15 is 0 Å². The van der Waals surface area contributed by atoms with E-state index in [-0.39, 0.29) is 5.38 Å². The van der Waals surface area contributed by atoms with Crippen LogP contribution < -0.4 is 9.47 Å². The van der Waals surface area contributed by atoms with Gasteiger partial charge < -0.3 is 9.47 Å². The number of hydrogen-bond acceptors (Lipinski definition) is 3. The predicted molar refractivity (Wildman–Crippen MR) is 86.5 cm³/mol. The summed E-state index contributed by atoms with van der Waals surface area (Å²) in [6, 6.07) is 8.15. The second-order valence-electron chi connectivity index (χ2n) is 4.54. The van der Waals surface area contributed by atoms with Gasteiger partial charge in [0, 0.05) is 14.2 Å². The predicted octanol–water partition coefficient (Wildman–Crippen LogP) is 5.17. The number of aryl methyl sites for hydroxylation is 1. The molecule has 1 unspecified atom stereocenters. The molecule has 2 nitrogen and oxygen atoms in total. The minimum Gasteiger partial charge on any atom is -0.486 e. The third-order valence-corrected chi connectivity index (χ3v) is 5.80. The summed E-state index contributed by atoms with van der Waals surface area (Å²) in [5.41, 5.74) is 1.01. The molecule has 20 heavy (non-hydrogen) atoms. The Bertz CT molecular complexity index is 626. The van der Waals surface area contributed by atoms with E-state index in [2.05, 4.69) is 35.0 Å². The fourth-order valence-electron chi connectivity index (χ4n) is 2.15. The van der Waals surface area contributed by atoms with Gasteiger partial charge in [0.05, 0.1) is 5.38 Å². The molecule has 1 aliphatic rings. The Kier molecular flexibility index (Phi) is 4.24. The molecule has 0 saturated heterocycles. The van der Waals surface area contributed by atoms with Crippen LogP contribution in [0, 0.1) is 0 Å². The first-order chi connectivity index (χ1) is 9.69. The summed E-state index contributed by atoms with van der Waals surface area (Å²) in [5, 5.41) is -0.175. The van der Waals surface area contributed by atoms with Gasteiger partial charge in [0.15, 0.2) is 11.5 Å². The van der Waals surface area contributed by atoms with Crippen molar-refractivity contribution < 1.29 is 9.47 Å². The number of thiophene rings is 1. The van der Waals surface area contributed by atoms with Crippen LogP contribution in [-0.2, 0) is 6.42 Å². The second kappa shape index (κ2) is 5.96. The Morgan fingerprint density at radius 3 is 2.60 bits per heavy atom. The van der Waals surface area contributed by atoms with Gasteiger partial charge in [-0.1, -0.05) is 22.9 Å². The molecule has 0 saturated carbocycles. The summed E-state index contributed by atoms with van der Waals surface area (Å²) in [7, 11) is 0. The van der Waals surface area contributed by atoms with Gasteiger partial charge in [-0.15, -0.1) is 22.9 Å². The number of benzene rings is 1. The number of rotatable bonds is 3. The highest BCUT2D eigenvalue weighted by Gasteiger charge is 2.21. The molecule has 106 valence electrons. The van der Waals surface area contributed by atoms with Gasteiger partial charge in [0.2, 0.25) is 0 Å². The van der Waals surface area contributed by atoms with Gasteiger partial charge in [0.25, 0.3) is 0 Å². The zero-order valence-electron chi connectivity index (χ0n) is 11.0. The van der Waals surface area contributed by atoms with Crippen LogP contribution in [0.5, 0.6) is 11.5 Å². The highest BCUT2D eigenvalue weighted by Crippen LogP contribution is 2.43. The topological polar surface area (TPSA) is 18.5 Å². The van der Waals surface area contributed by atoms with E-state index in [9.17, 15) is 0 Å². The van der Waals surface area contributed by atoms with Crippen molar-refractivity contribution in [2.24, 2.45) is 0 Å². The van der Waals surface area contributed by atoms with E-state index in [0.29, 0.717) is 13.2 Å². The molecule has 1 aromatic heterocycles. The zero-order valence-corrected chi connectivity index (χ0v) is 14.1. The van der Waals surface area contributed by atoms with Gasteiger partial charge in [-0.3, -0.25) is 0 Å². The van der Waals surface area contributed by atoms with Gasteiger partial charge in [-0.25, -0.2) is 0 Å². The van der Waals surface area contributed by atoms with Crippen molar-refractivity contribution >= 4 is 38.9 Å². The average Bonchev–Trinajstić information content (AvgIpc) is 2.94. The van der Waals surface area contributed by atoms with Gasteiger partial charge >= 0.3 is 0 Å². The van der Waals surface area contributed by atoms with Gasteiger partial charge in [-0.05, 0) is 36.2 Å². The summed E-state index contributed by atoms with van der Waals surface area (Å²) < 4.78 is 12.2. The first-order valence-corrected chi connectivity index (χ1v) is 8.55. The fourth-order valence-corrected chi connectivity index (χ4v) is 4.17. The van der Waals surface area contributed by atoms with Crippen molar-refractivity contribution in [3.63, 3.8) is 0 Å². The van der Waals surface area contributed by atoms with Crippen LogP contribution in [0.4, 0.5) is 0 Å². The molecule has 2 heterocycles. The molecule has 0 spiro atoms. The molecule has 1 aliphatic heterocycles. The first-order valence-electron chi connectivity index (χ1n) is 6.50. The molecule has 1 atom stereocenters. The van der Waals surface area contributed by atoms with Crippen LogP contribution in [0.15, 0.2) is 28.7 Å². The molecule has 0 bridgehead atoms. The van der Waals surface area contributed by atoms with Gasteiger partial charge in [-0.2, -0.15) is 0 Å². The molecule has 2 aromatic rings. The van der Waals surface area contributed by atoms with Gasteiger partial charge in [0.1, 0.15) is 13.2 Å². The Balaban J connectivity index is 1.96. The van der Waals surface area contributed by atoms with E-state index in [1.807, 2.05) is 12.1 Å². The summed E-state index contributed by atoms with van der Waals surface area (Å²) in [6.07, 6.45) is 1.04. The molecule has 0 amide bonds. The minimum absolute atomic E-state index is 0.175. The molecule has 0 fully saturated rings. The highest BCUT2D eigenvalue weighted by molar-refractivity contribution is 9.10. The number of alkyl halides is 1. The van der Waals surface area contributed by atoms with Crippen molar-refractivity contribution in [1.82, 2.24) is 0 Å². The lowest BCUT2D eigenvalue weighted by Gasteiger charge is -2.21. The minimum atomic E-state index is -0.175. The molecule has 1 aromatic carbocycles. The molecule has 0 radical (unpaired) electrons. The van der Waals surface area contributed by atoms with Crippen molar-refractivity contribution in [1.29, 1.82) is 0 Å². The van der Waals surface area contributed by atoms with E-state index in [1.165, 1.54) is 4.88 Å². The maximum absolute atomic E-state index is 6.63. The third-order valence-electron chi connectivity index (χ3n) is 3.22. The van der Waals surface area contributed by atoms with Crippen LogP contribution in [-0.4, -0.2) is 13.2 Å². The van der Waals surface area contributed by atoms with Crippen molar-refractivity contribution in [3.8, 4) is 11.5 Å². The lowest BCUT2D eigenvalue weighted by atomic mass is 10.1.